The normalized spacial score (nSPS) is 16.9. The zero-order valence-electron chi connectivity index (χ0n) is 6.83. The number of pyridine rings is 1. The van der Waals surface area contributed by atoms with E-state index in [0.29, 0.717) is 0 Å². The second-order valence-electron chi connectivity index (χ2n) is 3.02. The van der Waals surface area contributed by atoms with Gasteiger partial charge in [0.1, 0.15) is 0 Å². The zero-order chi connectivity index (χ0) is 8.39. The van der Waals surface area contributed by atoms with Crippen LogP contribution in [0, 0.1) is 0 Å². The van der Waals surface area contributed by atoms with Crippen molar-refractivity contribution in [2.75, 3.05) is 18.0 Å². The van der Waals surface area contributed by atoms with Crippen LogP contribution in [0.25, 0.3) is 0 Å². The molecule has 0 spiro atoms. The van der Waals surface area contributed by atoms with E-state index in [9.17, 15) is 0 Å². The molecule has 2 nitrogen and oxygen atoms in total. The lowest BCUT2D eigenvalue weighted by Crippen LogP contribution is -2.17. The fraction of sp³-hybridized carbons (Fsp3) is 0.444. The smallest absolute Gasteiger partial charge is 0.0742 e. The summed E-state index contributed by atoms with van der Waals surface area (Å²) in [4.78, 5) is 6.35. The third kappa shape index (κ3) is 1.39. The molecule has 12 heavy (non-hydrogen) atoms. The Morgan fingerprint density at radius 3 is 2.75 bits per heavy atom. The standard InChI is InChI=1S/C9H11ClN2/c10-8-3-4-11-7-9(8)12-5-1-2-6-12/h3-4,7H,1-2,5-6H2. The molecule has 0 radical (unpaired) electrons. The van der Waals surface area contributed by atoms with Crippen LogP contribution in [-0.4, -0.2) is 18.1 Å². The highest BCUT2D eigenvalue weighted by molar-refractivity contribution is 6.33. The first-order chi connectivity index (χ1) is 5.88. The van der Waals surface area contributed by atoms with E-state index in [2.05, 4.69) is 9.88 Å². The molecular weight excluding hydrogens is 172 g/mol. The minimum absolute atomic E-state index is 0.812. The SMILES string of the molecule is Clc1ccncc1N1CCCC1. The Morgan fingerprint density at radius 2 is 2.08 bits per heavy atom. The predicted molar refractivity (Wildman–Crippen MR) is 50.7 cm³/mol. The molecule has 0 aromatic carbocycles. The first kappa shape index (κ1) is 7.87. The molecule has 64 valence electrons. The van der Waals surface area contributed by atoms with Gasteiger partial charge in [-0.1, -0.05) is 11.6 Å². The molecule has 0 amide bonds. The summed E-state index contributed by atoms with van der Waals surface area (Å²) in [5.74, 6) is 0. The molecule has 2 rings (SSSR count). The summed E-state index contributed by atoms with van der Waals surface area (Å²) in [6.07, 6.45) is 6.10. The summed E-state index contributed by atoms with van der Waals surface area (Å²) >= 11 is 6.02. The topological polar surface area (TPSA) is 16.1 Å². The van der Waals surface area contributed by atoms with Gasteiger partial charge >= 0.3 is 0 Å². The molecule has 0 saturated carbocycles. The van der Waals surface area contributed by atoms with E-state index >= 15 is 0 Å². The molecule has 1 fully saturated rings. The summed E-state index contributed by atoms with van der Waals surface area (Å²) < 4.78 is 0. The molecule has 0 unspecified atom stereocenters. The maximum atomic E-state index is 6.02. The molecular formula is C9H11ClN2. The van der Waals surface area contributed by atoms with Crippen molar-refractivity contribution < 1.29 is 0 Å². The van der Waals surface area contributed by atoms with Crippen LogP contribution in [0.4, 0.5) is 5.69 Å². The highest BCUT2D eigenvalue weighted by Gasteiger charge is 2.14. The van der Waals surface area contributed by atoms with Crippen LogP contribution in [0.5, 0.6) is 0 Å². The van der Waals surface area contributed by atoms with E-state index in [4.69, 9.17) is 11.6 Å². The lowest BCUT2D eigenvalue weighted by atomic mass is 10.4. The van der Waals surface area contributed by atoms with Crippen molar-refractivity contribution in [2.45, 2.75) is 12.8 Å². The van der Waals surface area contributed by atoms with Crippen LogP contribution in [0.3, 0.4) is 0 Å². The number of rotatable bonds is 1. The Labute approximate surface area is 77.2 Å². The third-order valence-corrected chi connectivity index (χ3v) is 2.51. The number of hydrogen-bond donors (Lipinski definition) is 0. The lowest BCUT2D eigenvalue weighted by molar-refractivity contribution is 0.949. The van der Waals surface area contributed by atoms with Gasteiger partial charge in [-0.05, 0) is 18.9 Å². The van der Waals surface area contributed by atoms with Crippen molar-refractivity contribution in [3.63, 3.8) is 0 Å². The van der Waals surface area contributed by atoms with Crippen LogP contribution in [0.15, 0.2) is 18.5 Å². The maximum Gasteiger partial charge on any atom is 0.0742 e. The number of halogens is 1. The molecule has 1 aromatic heterocycles. The van der Waals surface area contributed by atoms with Crippen LogP contribution in [0.2, 0.25) is 5.02 Å². The summed E-state index contributed by atoms with van der Waals surface area (Å²) in [5, 5.41) is 0.812. The van der Waals surface area contributed by atoms with Crippen molar-refractivity contribution in [2.24, 2.45) is 0 Å². The van der Waals surface area contributed by atoms with Gasteiger partial charge in [-0.25, -0.2) is 0 Å². The Hall–Kier alpha value is -0.760. The van der Waals surface area contributed by atoms with E-state index in [0.717, 1.165) is 23.8 Å². The Balaban J connectivity index is 2.26. The van der Waals surface area contributed by atoms with E-state index < -0.39 is 0 Å². The summed E-state index contributed by atoms with van der Waals surface area (Å²) in [6.45, 7) is 2.23. The largest absolute Gasteiger partial charge is 0.369 e. The lowest BCUT2D eigenvalue weighted by Gasteiger charge is -2.17. The van der Waals surface area contributed by atoms with Crippen molar-refractivity contribution in [1.29, 1.82) is 0 Å². The van der Waals surface area contributed by atoms with Gasteiger partial charge in [-0.3, -0.25) is 4.98 Å². The molecule has 3 heteroatoms. The van der Waals surface area contributed by atoms with E-state index in [1.54, 1.807) is 6.20 Å². The summed E-state index contributed by atoms with van der Waals surface area (Å²) in [5.41, 5.74) is 1.08. The van der Waals surface area contributed by atoms with Gasteiger partial charge < -0.3 is 4.90 Å². The molecule has 1 aliphatic rings. The average molecular weight is 183 g/mol. The summed E-state index contributed by atoms with van der Waals surface area (Å²) in [7, 11) is 0. The fourth-order valence-corrected chi connectivity index (χ4v) is 1.78. The van der Waals surface area contributed by atoms with Crippen molar-refractivity contribution in [3.05, 3.63) is 23.5 Å². The maximum absolute atomic E-state index is 6.02. The monoisotopic (exact) mass is 182 g/mol. The molecule has 2 heterocycles. The molecule has 0 aliphatic carbocycles. The Morgan fingerprint density at radius 1 is 1.33 bits per heavy atom. The highest BCUT2D eigenvalue weighted by Crippen LogP contribution is 2.26. The van der Waals surface area contributed by atoms with Gasteiger partial charge in [0.25, 0.3) is 0 Å². The van der Waals surface area contributed by atoms with Gasteiger partial charge in [0.2, 0.25) is 0 Å². The number of aromatic nitrogens is 1. The molecule has 0 bridgehead atoms. The van der Waals surface area contributed by atoms with Crippen molar-refractivity contribution in [1.82, 2.24) is 4.98 Å². The van der Waals surface area contributed by atoms with Gasteiger partial charge in [0, 0.05) is 19.3 Å². The minimum Gasteiger partial charge on any atom is -0.369 e. The first-order valence-electron chi connectivity index (χ1n) is 4.22. The minimum atomic E-state index is 0.812. The molecule has 0 N–H and O–H groups in total. The Kier molecular flexibility index (Phi) is 2.17. The van der Waals surface area contributed by atoms with Crippen LogP contribution in [0.1, 0.15) is 12.8 Å². The Bertz CT molecular complexity index is 269. The quantitative estimate of drug-likeness (QED) is 0.663. The van der Waals surface area contributed by atoms with Crippen LogP contribution < -0.4 is 4.90 Å². The fourth-order valence-electron chi connectivity index (χ4n) is 1.56. The zero-order valence-corrected chi connectivity index (χ0v) is 7.59. The highest BCUT2D eigenvalue weighted by atomic mass is 35.5. The number of nitrogens with zero attached hydrogens (tertiary/aromatic N) is 2. The third-order valence-electron chi connectivity index (χ3n) is 2.20. The molecule has 1 aliphatic heterocycles. The second kappa shape index (κ2) is 3.31. The predicted octanol–water partition coefficient (Wildman–Crippen LogP) is 2.34. The van der Waals surface area contributed by atoms with Gasteiger partial charge in [-0.15, -0.1) is 0 Å². The van der Waals surface area contributed by atoms with Crippen molar-refractivity contribution in [3.8, 4) is 0 Å². The van der Waals surface area contributed by atoms with Crippen LogP contribution >= 0.6 is 11.6 Å². The van der Waals surface area contributed by atoms with E-state index in [1.807, 2.05) is 12.3 Å². The van der Waals surface area contributed by atoms with Gasteiger partial charge in [0.15, 0.2) is 0 Å². The van der Waals surface area contributed by atoms with Crippen LogP contribution in [-0.2, 0) is 0 Å². The summed E-state index contributed by atoms with van der Waals surface area (Å²) in [6, 6.07) is 1.84. The molecule has 1 aromatic rings. The average Bonchev–Trinajstić information content (AvgIpc) is 2.57. The molecule has 1 saturated heterocycles. The van der Waals surface area contributed by atoms with Gasteiger partial charge in [-0.2, -0.15) is 0 Å². The van der Waals surface area contributed by atoms with E-state index in [-0.39, 0.29) is 0 Å². The van der Waals surface area contributed by atoms with E-state index in [1.165, 1.54) is 12.8 Å². The first-order valence-corrected chi connectivity index (χ1v) is 4.60. The number of anilines is 1. The number of hydrogen-bond acceptors (Lipinski definition) is 2. The van der Waals surface area contributed by atoms with Gasteiger partial charge in [0.05, 0.1) is 16.9 Å². The van der Waals surface area contributed by atoms with Crippen molar-refractivity contribution >= 4 is 17.3 Å². The second-order valence-corrected chi connectivity index (χ2v) is 3.43. The molecule has 0 atom stereocenters.